The maximum atomic E-state index is 5.67. The molecule has 0 aliphatic heterocycles. The molecule has 1 aromatic heterocycles. The van der Waals surface area contributed by atoms with E-state index in [9.17, 15) is 0 Å². The molecule has 5 aliphatic rings. The van der Waals surface area contributed by atoms with Gasteiger partial charge in [0.05, 0.1) is 22.0 Å². The molecule has 8 aromatic rings. The van der Waals surface area contributed by atoms with Crippen LogP contribution in [-0.2, 0) is 10.8 Å². The average Bonchev–Trinajstić information content (AvgIpc) is 3.79. The summed E-state index contributed by atoms with van der Waals surface area (Å²) < 4.78 is 0. The predicted molar refractivity (Wildman–Crippen MR) is 246 cm³/mol. The van der Waals surface area contributed by atoms with Crippen LogP contribution in [0.15, 0.2) is 218 Å². The lowest BCUT2D eigenvalue weighted by atomic mass is 9.51. The number of benzene rings is 7. The van der Waals surface area contributed by atoms with Crippen molar-refractivity contribution in [3.05, 3.63) is 268 Å². The Morgan fingerprint density at radius 1 is 0.433 bits per heavy atom. The number of aromatic nitrogens is 1. The van der Waals surface area contributed by atoms with Gasteiger partial charge in [-0.2, -0.15) is 0 Å². The van der Waals surface area contributed by atoms with Crippen molar-refractivity contribution in [2.75, 3.05) is 0 Å². The maximum Gasteiger partial charge on any atom is 0.0726 e. The van der Waals surface area contributed by atoms with Gasteiger partial charge in [0.1, 0.15) is 0 Å². The SMILES string of the molecule is C1=CCC(C2=CCC(c3cc(-c4cccc5c4C4(c6ccccc6-c6ccccc64)c4ccccc4C54c5ccccc5-c5ccccc54)nc4ccccc34)C=C2)C=C1. The molecule has 1 heteroatoms. The lowest BCUT2D eigenvalue weighted by Crippen LogP contribution is -2.44. The third-order valence-electron chi connectivity index (χ3n) is 14.4. The predicted octanol–water partition coefficient (Wildman–Crippen LogP) is 14.0. The molecule has 282 valence electrons. The van der Waals surface area contributed by atoms with E-state index in [1.165, 1.54) is 88.8 Å². The molecule has 0 N–H and O–H groups in total. The van der Waals surface area contributed by atoms with Gasteiger partial charge in [-0.15, -0.1) is 0 Å². The Bertz CT molecular complexity index is 3150. The van der Waals surface area contributed by atoms with Gasteiger partial charge in [0.15, 0.2) is 0 Å². The molecule has 1 nitrogen and oxygen atoms in total. The number of hydrogen-bond donors (Lipinski definition) is 0. The molecule has 13 rings (SSSR count). The summed E-state index contributed by atoms with van der Waals surface area (Å²) in [4.78, 5) is 5.67. The number of fused-ring (bicyclic) bond motifs is 17. The molecular weight excluding hydrogens is 723 g/mol. The Kier molecular flexibility index (Phi) is 7.16. The zero-order valence-corrected chi connectivity index (χ0v) is 33.2. The molecule has 0 saturated carbocycles. The van der Waals surface area contributed by atoms with Crippen molar-refractivity contribution >= 4 is 10.9 Å². The first-order chi connectivity index (χ1) is 29.8. The molecule has 2 spiro atoms. The second-order valence-corrected chi connectivity index (χ2v) is 17.1. The van der Waals surface area contributed by atoms with E-state index in [1.807, 2.05) is 0 Å². The van der Waals surface area contributed by atoms with Gasteiger partial charge in [-0.3, -0.25) is 0 Å². The second-order valence-electron chi connectivity index (χ2n) is 17.1. The van der Waals surface area contributed by atoms with Gasteiger partial charge >= 0.3 is 0 Å². The minimum atomic E-state index is -0.592. The van der Waals surface area contributed by atoms with E-state index in [1.54, 1.807) is 0 Å². The molecule has 0 saturated heterocycles. The summed E-state index contributed by atoms with van der Waals surface area (Å²) in [5.74, 6) is 0.688. The molecule has 0 bridgehead atoms. The number of allylic oxidation sites excluding steroid dienone is 8. The number of rotatable bonds is 3. The largest absolute Gasteiger partial charge is 0.248 e. The van der Waals surface area contributed by atoms with Crippen molar-refractivity contribution in [2.45, 2.75) is 29.6 Å². The van der Waals surface area contributed by atoms with Crippen LogP contribution in [0.3, 0.4) is 0 Å². The standard InChI is InChI=1S/C59H41N/c1-2-17-38(18-3-1)39-33-35-40(36-34-39)47-37-56(60-55-32-15-8-23-45(47)55)46-24-16-31-54-57(46)59(50-27-11-6-21-43(50)44-22-7-12-28-51(44)59)53-30-14-13-29-52(53)58(54)48-25-9-4-19-41(48)42-20-5-10-26-49(42)58/h1-17,19-35,37-38,40H,18,36H2. The zero-order chi connectivity index (χ0) is 39.4. The van der Waals surface area contributed by atoms with Crippen molar-refractivity contribution in [3.8, 4) is 33.5 Å². The zero-order valence-electron chi connectivity index (χ0n) is 33.2. The Hall–Kier alpha value is -7.09. The van der Waals surface area contributed by atoms with E-state index >= 15 is 0 Å². The lowest BCUT2D eigenvalue weighted by Gasteiger charge is -2.49. The van der Waals surface area contributed by atoms with Gasteiger partial charge in [-0.25, -0.2) is 4.98 Å². The van der Waals surface area contributed by atoms with Crippen molar-refractivity contribution in [3.63, 3.8) is 0 Å². The van der Waals surface area contributed by atoms with Crippen LogP contribution < -0.4 is 0 Å². The van der Waals surface area contributed by atoms with Gasteiger partial charge in [-0.05, 0) is 103 Å². The highest BCUT2D eigenvalue weighted by atomic mass is 14.7. The van der Waals surface area contributed by atoms with E-state index in [0.29, 0.717) is 5.92 Å². The molecule has 0 amide bonds. The van der Waals surface area contributed by atoms with Crippen LogP contribution in [0.1, 0.15) is 68.8 Å². The van der Waals surface area contributed by atoms with Crippen LogP contribution in [-0.4, -0.2) is 4.98 Å². The monoisotopic (exact) mass is 763 g/mol. The van der Waals surface area contributed by atoms with Crippen LogP contribution in [0.2, 0.25) is 0 Å². The maximum absolute atomic E-state index is 5.67. The number of nitrogens with zero attached hydrogens (tertiary/aromatic N) is 1. The minimum absolute atomic E-state index is 0.241. The normalized spacial score (nSPS) is 19.0. The molecule has 5 aliphatic carbocycles. The van der Waals surface area contributed by atoms with Crippen LogP contribution in [0, 0.1) is 5.92 Å². The molecule has 60 heavy (non-hydrogen) atoms. The minimum Gasteiger partial charge on any atom is -0.248 e. The Balaban J connectivity index is 1.14. The van der Waals surface area contributed by atoms with Gasteiger partial charge < -0.3 is 0 Å². The van der Waals surface area contributed by atoms with E-state index < -0.39 is 10.8 Å². The van der Waals surface area contributed by atoms with Crippen molar-refractivity contribution in [1.82, 2.24) is 4.98 Å². The second kappa shape index (κ2) is 12.7. The van der Waals surface area contributed by atoms with Gasteiger partial charge in [0, 0.05) is 22.8 Å². The Morgan fingerprint density at radius 2 is 0.967 bits per heavy atom. The third-order valence-corrected chi connectivity index (χ3v) is 14.4. The molecule has 7 aromatic carbocycles. The highest BCUT2D eigenvalue weighted by Gasteiger charge is 2.59. The van der Waals surface area contributed by atoms with Crippen molar-refractivity contribution in [1.29, 1.82) is 0 Å². The molecule has 0 fully saturated rings. The highest BCUT2D eigenvalue weighted by molar-refractivity contribution is 5.96. The number of pyridine rings is 1. The molecule has 0 radical (unpaired) electrons. The summed E-state index contributed by atoms with van der Waals surface area (Å²) >= 11 is 0. The Labute approximate surface area is 351 Å². The van der Waals surface area contributed by atoms with Crippen molar-refractivity contribution in [2.24, 2.45) is 5.92 Å². The smallest absolute Gasteiger partial charge is 0.0726 e. The van der Waals surface area contributed by atoms with Gasteiger partial charge in [0.2, 0.25) is 0 Å². The lowest BCUT2D eigenvalue weighted by molar-refractivity contribution is 0.634. The quantitative estimate of drug-likeness (QED) is 0.175. The fourth-order valence-corrected chi connectivity index (χ4v) is 12.1. The topological polar surface area (TPSA) is 12.9 Å². The summed E-state index contributed by atoms with van der Waals surface area (Å²) in [6.45, 7) is 0. The summed E-state index contributed by atoms with van der Waals surface area (Å²) in [6, 6.07) is 64.4. The van der Waals surface area contributed by atoms with Crippen LogP contribution in [0.25, 0.3) is 44.4 Å². The summed E-state index contributed by atoms with van der Waals surface area (Å²) in [5, 5.41) is 1.23. The van der Waals surface area contributed by atoms with Crippen molar-refractivity contribution < 1.29 is 0 Å². The van der Waals surface area contributed by atoms with E-state index in [2.05, 4.69) is 212 Å². The fraction of sp³-hybridized carbons (Fsp3) is 0.102. The number of para-hydroxylation sites is 1. The van der Waals surface area contributed by atoms with E-state index in [0.717, 1.165) is 24.1 Å². The summed E-state index contributed by atoms with van der Waals surface area (Å²) in [7, 11) is 0. The number of hydrogen-bond acceptors (Lipinski definition) is 1. The fourth-order valence-electron chi connectivity index (χ4n) is 12.1. The van der Waals surface area contributed by atoms with Crippen LogP contribution in [0.5, 0.6) is 0 Å². The molecule has 2 atom stereocenters. The van der Waals surface area contributed by atoms with Gasteiger partial charge in [0.25, 0.3) is 0 Å². The van der Waals surface area contributed by atoms with Crippen LogP contribution in [0.4, 0.5) is 0 Å². The summed E-state index contributed by atoms with van der Waals surface area (Å²) in [5.41, 5.74) is 20.8. The first-order valence-corrected chi connectivity index (χ1v) is 21.5. The summed E-state index contributed by atoms with van der Waals surface area (Å²) in [6.07, 6.45) is 18.3. The average molecular weight is 764 g/mol. The molecule has 1 heterocycles. The first kappa shape index (κ1) is 33.8. The molecular formula is C59H41N. The first-order valence-electron chi connectivity index (χ1n) is 21.5. The van der Waals surface area contributed by atoms with E-state index in [-0.39, 0.29) is 5.92 Å². The third kappa shape index (κ3) is 4.34. The Morgan fingerprint density at radius 3 is 1.57 bits per heavy atom. The molecule has 2 unspecified atom stereocenters. The highest BCUT2D eigenvalue weighted by Crippen LogP contribution is 2.68. The van der Waals surface area contributed by atoms with Crippen LogP contribution >= 0.6 is 0 Å². The van der Waals surface area contributed by atoms with Gasteiger partial charge in [-0.1, -0.05) is 200 Å². The van der Waals surface area contributed by atoms with E-state index in [4.69, 9.17) is 4.98 Å².